The molecule has 2 saturated heterocycles. The molecular weight excluding hydrogens is 222 g/mol. The molecule has 17 heavy (non-hydrogen) atoms. The molecule has 6 nitrogen and oxygen atoms in total. The number of likely N-dealkylation sites (N-methyl/N-ethyl adjacent to an activating group) is 1. The van der Waals surface area contributed by atoms with Crippen molar-refractivity contribution >= 4 is 5.91 Å². The van der Waals surface area contributed by atoms with E-state index in [1.54, 1.807) is 0 Å². The molecule has 2 fully saturated rings. The second-order valence-corrected chi connectivity index (χ2v) is 4.78. The SMILES string of the molecule is CN1CCOC(CN2CCOC(C(N)=O)C2)C1. The number of morpholine rings is 2. The molecule has 2 unspecified atom stereocenters. The van der Waals surface area contributed by atoms with Crippen molar-refractivity contribution in [3.05, 3.63) is 0 Å². The van der Waals surface area contributed by atoms with Crippen LogP contribution in [-0.4, -0.2) is 80.9 Å². The van der Waals surface area contributed by atoms with Gasteiger partial charge in [-0.3, -0.25) is 9.69 Å². The minimum Gasteiger partial charge on any atom is -0.374 e. The highest BCUT2D eigenvalue weighted by atomic mass is 16.5. The highest BCUT2D eigenvalue weighted by molar-refractivity contribution is 5.79. The van der Waals surface area contributed by atoms with E-state index in [1.807, 2.05) is 0 Å². The van der Waals surface area contributed by atoms with Crippen LogP contribution < -0.4 is 5.73 Å². The summed E-state index contributed by atoms with van der Waals surface area (Å²) < 4.78 is 11.0. The van der Waals surface area contributed by atoms with Gasteiger partial charge in [-0.2, -0.15) is 0 Å². The second-order valence-electron chi connectivity index (χ2n) is 4.78. The first-order chi connectivity index (χ1) is 8.15. The Bertz CT molecular complexity index is 275. The monoisotopic (exact) mass is 243 g/mol. The molecule has 2 aliphatic heterocycles. The lowest BCUT2D eigenvalue weighted by Gasteiger charge is -2.36. The zero-order chi connectivity index (χ0) is 12.3. The van der Waals surface area contributed by atoms with E-state index in [4.69, 9.17) is 15.2 Å². The third-order valence-corrected chi connectivity index (χ3v) is 3.27. The summed E-state index contributed by atoms with van der Waals surface area (Å²) in [5.41, 5.74) is 5.25. The number of hydrogen-bond acceptors (Lipinski definition) is 5. The molecule has 0 spiro atoms. The molecule has 2 heterocycles. The smallest absolute Gasteiger partial charge is 0.247 e. The lowest BCUT2D eigenvalue weighted by molar-refractivity contribution is -0.136. The van der Waals surface area contributed by atoms with Gasteiger partial charge in [-0.1, -0.05) is 0 Å². The summed E-state index contributed by atoms with van der Waals surface area (Å²) >= 11 is 0. The van der Waals surface area contributed by atoms with Crippen molar-refractivity contribution < 1.29 is 14.3 Å². The molecule has 2 N–H and O–H groups in total. The maximum atomic E-state index is 11.1. The van der Waals surface area contributed by atoms with Crippen LogP contribution >= 0.6 is 0 Å². The summed E-state index contributed by atoms with van der Waals surface area (Å²) in [5, 5.41) is 0. The van der Waals surface area contributed by atoms with Crippen molar-refractivity contribution in [2.45, 2.75) is 12.2 Å². The van der Waals surface area contributed by atoms with Crippen LogP contribution in [0.1, 0.15) is 0 Å². The van der Waals surface area contributed by atoms with Crippen LogP contribution in [0.15, 0.2) is 0 Å². The van der Waals surface area contributed by atoms with Crippen molar-refractivity contribution in [3.63, 3.8) is 0 Å². The van der Waals surface area contributed by atoms with Crippen LogP contribution in [0.25, 0.3) is 0 Å². The third-order valence-electron chi connectivity index (χ3n) is 3.27. The lowest BCUT2D eigenvalue weighted by Crippen LogP contribution is -2.53. The normalized spacial score (nSPS) is 32.5. The van der Waals surface area contributed by atoms with E-state index in [1.165, 1.54) is 0 Å². The quantitative estimate of drug-likeness (QED) is 0.653. The van der Waals surface area contributed by atoms with Crippen LogP contribution in [0, 0.1) is 0 Å². The number of ether oxygens (including phenoxy) is 2. The molecule has 2 aliphatic rings. The van der Waals surface area contributed by atoms with E-state index in [0.29, 0.717) is 13.2 Å². The van der Waals surface area contributed by atoms with Gasteiger partial charge in [-0.15, -0.1) is 0 Å². The predicted molar refractivity (Wildman–Crippen MR) is 62.6 cm³/mol. The van der Waals surface area contributed by atoms with Gasteiger partial charge in [0.25, 0.3) is 0 Å². The largest absolute Gasteiger partial charge is 0.374 e. The van der Waals surface area contributed by atoms with Crippen LogP contribution in [0.4, 0.5) is 0 Å². The number of hydrogen-bond donors (Lipinski definition) is 1. The van der Waals surface area contributed by atoms with Gasteiger partial charge in [0.15, 0.2) is 0 Å². The Balaban J connectivity index is 1.79. The number of nitrogens with two attached hydrogens (primary N) is 1. The zero-order valence-electron chi connectivity index (χ0n) is 10.3. The first kappa shape index (κ1) is 12.8. The number of nitrogens with zero attached hydrogens (tertiary/aromatic N) is 2. The van der Waals surface area contributed by atoms with Gasteiger partial charge >= 0.3 is 0 Å². The highest BCUT2D eigenvalue weighted by Gasteiger charge is 2.27. The van der Waals surface area contributed by atoms with Gasteiger partial charge in [0, 0.05) is 32.7 Å². The fourth-order valence-corrected chi connectivity index (χ4v) is 2.31. The summed E-state index contributed by atoms with van der Waals surface area (Å²) in [6.07, 6.45) is -0.245. The first-order valence-electron chi connectivity index (χ1n) is 6.08. The Kier molecular flexibility index (Phi) is 4.33. The summed E-state index contributed by atoms with van der Waals surface area (Å²) in [4.78, 5) is 15.5. The predicted octanol–water partition coefficient (Wildman–Crippen LogP) is -1.50. The third kappa shape index (κ3) is 3.64. The molecule has 0 radical (unpaired) electrons. The number of primary amides is 1. The van der Waals surface area contributed by atoms with E-state index in [2.05, 4.69) is 16.8 Å². The second kappa shape index (κ2) is 5.77. The molecular formula is C11H21N3O3. The van der Waals surface area contributed by atoms with E-state index in [0.717, 1.165) is 32.8 Å². The molecule has 0 aromatic rings. The molecule has 2 atom stereocenters. The maximum absolute atomic E-state index is 11.1. The first-order valence-corrected chi connectivity index (χ1v) is 6.08. The van der Waals surface area contributed by atoms with Gasteiger partial charge in [-0.05, 0) is 7.05 Å². The number of carbonyl (C=O) groups excluding carboxylic acids is 1. The molecule has 0 saturated carbocycles. The van der Waals surface area contributed by atoms with Crippen LogP contribution in [0.2, 0.25) is 0 Å². The van der Waals surface area contributed by atoms with Crippen molar-refractivity contribution in [2.75, 3.05) is 53.0 Å². The molecule has 1 amide bonds. The van der Waals surface area contributed by atoms with Crippen molar-refractivity contribution in [3.8, 4) is 0 Å². The molecule has 0 bridgehead atoms. The maximum Gasteiger partial charge on any atom is 0.247 e. The van der Waals surface area contributed by atoms with Gasteiger partial charge in [0.05, 0.1) is 19.3 Å². The Morgan fingerprint density at radius 3 is 2.76 bits per heavy atom. The molecule has 6 heteroatoms. The van der Waals surface area contributed by atoms with Crippen molar-refractivity contribution in [2.24, 2.45) is 5.73 Å². The molecule has 2 rings (SSSR count). The Hall–Kier alpha value is -0.690. The molecule has 0 aliphatic carbocycles. The zero-order valence-corrected chi connectivity index (χ0v) is 10.3. The standard InChI is InChI=1S/C11H21N3O3/c1-13-2-4-16-9(6-13)7-14-3-5-17-10(8-14)11(12)15/h9-10H,2-8H2,1H3,(H2,12,15). The Labute approximate surface area is 102 Å². The minimum atomic E-state index is -0.468. The van der Waals surface area contributed by atoms with Crippen LogP contribution in [0.5, 0.6) is 0 Å². The van der Waals surface area contributed by atoms with Gasteiger partial charge in [-0.25, -0.2) is 0 Å². The Morgan fingerprint density at radius 1 is 1.29 bits per heavy atom. The van der Waals surface area contributed by atoms with Crippen LogP contribution in [-0.2, 0) is 14.3 Å². The average Bonchev–Trinajstić information content (AvgIpc) is 2.29. The Morgan fingerprint density at radius 2 is 2.06 bits per heavy atom. The van der Waals surface area contributed by atoms with Crippen molar-refractivity contribution in [1.82, 2.24) is 9.80 Å². The summed E-state index contributed by atoms with van der Waals surface area (Å²) in [6, 6.07) is 0. The number of rotatable bonds is 3. The number of carbonyl (C=O) groups is 1. The summed E-state index contributed by atoms with van der Waals surface area (Å²) in [6.45, 7) is 5.55. The van der Waals surface area contributed by atoms with Gasteiger partial charge in [0.2, 0.25) is 5.91 Å². The molecule has 0 aromatic heterocycles. The van der Waals surface area contributed by atoms with Crippen molar-refractivity contribution in [1.29, 1.82) is 0 Å². The minimum absolute atomic E-state index is 0.223. The lowest BCUT2D eigenvalue weighted by atomic mass is 10.2. The summed E-state index contributed by atoms with van der Waals surface area (Å²) in [7, 11) is 2.10. The number of amides is 1. The highest BCUT2D eigenvalue weighted by Crippen LogP contribution is 2.09. The summed E-state index contributed by atoms with van der Waals surface area (Å²) in [5.74, 6) is -0.378. The average molecular weight is 243 g/mol. The molecule has 98 valence electrons. The fourth-order valence-electron chi connectivity index (χ4n) is 2.31. The topological polar surface area (TPSA) is 68.0 Å². The van der Waals surface area contributed by atoms with Crippen LogP contribution in [0.3, 0.4) is 0 Å². The van der Waals surface area contributed by atoms with E-state index in [9.17, 15) is 4.79 Å². The van der Waals surface area contributed by atoms with E-state index in [-0.39, 0.29) is 12.0 Å². The van der Waals surface area contributed by atoms with Gasteiger partial charge < -0.3 is 20.1 Å². The van der Waals surface area contributed by atoms with E-state index >= 15 is 0 Å². The fraction of sp³-hybridized carbons (Fsp3) is 0.909. The molecule has 0 aromatic carbocycles. The van der Waals surface area contributed by atoms with Gasteiger partial charge in [0.1, 0.15) is 6.10 Å². The van der Waals surface area contributed by atoms with E-state index < -0.39 is 6.10 Å².